The summed E-state index contributed by atoms with van der Waals surface area (Å²) in [5.41, 5.74) is 2.95. The normalized spacial score (nSPS) is 14.3. The Morgan fingerprint density at radius 2 is 1.64 bits per heavy atom. The molecular formula is C33H41N3O5S. The summed E-state index contributed by atoms with van der Waals surface area (Å²) in [6.07, 6.45) is 4.35. The van der Waals surface area contributed by atoms with E-state index in [9.17, 15) is 18.0 Å². The van der Waals surface area contributed by atoms with Crippen LogP contribution in [0, 0.1) is 13.8 Å². The number of hydrogen-bond acceptors (Lipinski definition) is 5. The van der Waals surface area contributed by atoms with Crippen LogP contribution in [0.25, 0.3) is 0 Å². The minimum absolute atomic E-state index is 0.0889. The fourth-order valence-electron chi connectivity index (χ4n) is 5.40. The smallest absolute Gasteiger partial charge is 0.264 e. The number of sulfonamides is 1. The van der Waals surface area contributed by atoms with E-state index in [0.717, 1.165) is 46.7 Å². The van der Waals surface area contributed by atoms with E-state index >= 15 is 0 Å². The van der Waals surface area contributed by atoms with Crippen molar-refractivity contribution in [3.05, 3.63) is 89.5 Å². The molecule has 1 aliphatic rings. The zero-order chi connectivity index (χ0) is 30.3. The summed E-state index contributed by atoms with van der Waals surface area (Å²) in [6.45, 7) is 5.29. The van der Waals surface area contributed by atoms with Crippen molar-refractivity contribution in [1.29, 1.82) is 0 Å². The number of anilines is 1. The SMILES string of the molecule is CC[C@H](C(=O)NC1CCCC1)N(Cc1cccc(OC)c1)C(=O)CN(c1cccc(C)c1)S(=O)(=O)c1ccc(C)cc1. The van der Waals surface area contributed by atoms with Gasteiger partial charge in [0, 0.05) is 12.6 Å². The molecule has 0 aliphatic heterocycles. The molecule has 1 N–H and O–H groups in total. The highest BCUT2D eigenvalue weighted by Gasteiger charge is 2.34. The third-order valence-electron chi connectivity index (χ3n) is 7.75. The number of nitrogens with one attached hydrogen (secondary N) is 1. The number of carbonyl (C=O) groups is 2. The van der Waals surface area contributed by atoms with Gasteiger partial charge in [0.1, 0.15) is 18.3 Å². The lowest BCUT2D eigenvalue weighted by Gasteiger charge is -2.34. The molecule has 1 aliphatic carbocycles. The van der Waals surface area contributed by atoms with Crippen molar-refractivity contribution >= 4 is 27.5 Å². The molecule has 0 heterocycles. The maximum atomic E-state index is 14.3. The average molecular weight is 592 g/mol. The van der Waals surface area contributed by atoms with Gasteiger partial charge in [-0.05, 0) is 80.6 Å². The molecular weight excluding hydrogens is 550 g/mol. The predicted octanol–water partition coefficient (Wildman–Crippen LogP) is 5.37. The van der Waals surface area contributed by atoms with Crippen molar-refractivity contribution in [2.45, 2.75) is 76.4 Å². The van der Waals surface area contributed by atoms with Crippen LogP contribution in [0.3, 0.4) is 0 Å². The number of aryl methyl sites for hydroxylation is 2. The van der Waals surface area contributed by atoms with E-state index in [0.29, 0.717) is 17.9 Å². The van der Waals surface area contributed by atoms with Gasteiger partial charge in [0.2, 0.25) is 11.8 Å². The maximum Gasteiger partial charge on any atom is 0.264 e. The fraction of sp³-hybridized carbons (Fsp3) is 0.394. The van der Waals surface area contributed by atoms with Crippen LogP contribution in [0.1, 0.15) is 55.7 Å². The molecule has 0 unspecified atom stereocenters. The van der Waals surface area contributed by atoms with Gasteiger partial charge in [0.25, 0.3) is 10.0 Å². The van der Waals surface area contributed by atoms with Crippen molar-refractivity contribution in [1.82, 2.24) is 10.2 Å². The number of rotatable bonds is 12. The van der Waals surface area contributed by atoms with Gasteiger partial charge in [-0.1, -0.05) is 61.7 Å². The lowest BCUT2D eigenvalue weighted by molar-refractivity contribution is -0.140. The van der Waals surface area contributed by atoms with Crippen molar-refractivity contribution < 1.29 is 22.7 Å². The third-order valence-corrected chi connectivity index (χ3v) is 9.54. The van der Waals surface area contributed by atoms with E-state index in [1.807, 2.05) is 51.1 Å². The Morgan fingerprint density at radius 1 is 0.952 bits per heavy atom. The Morgan fingerprint density at radius 3 is 2.29 bits per heavy atom. The van der Waals surface area contributed by atoms with E-state index in [1.165, 1.54) is 4.90 Å². The second-order valence-corrected chi connectivity index (χ2v) is 12.8. The molecule has 3 aromatic carbocycles. The highest BCUT2D eigenvalue weighted by molar-refractivity contribution is 7.92. The van der Waals surface area contributed by atoms with E-state index in [-0.39, 0.29) is 23.4 Å². The van der Waals surface area contributed by atoms with Gasteiger partial charge >= 0.3 is 0 Å². The molecule has 0 radical (unpaired) electrons. The summed E-state index contributed by atoms with van der Waals surface area (Å²) in [7, 11) is -2.53. The Balaban J connectivity index is 1.72. The first-order valence-corrected chi connectivity index (χ1v) is 15.9. The minimum atomic E-state index is -4.11. The number of carbonyl (C=O) groups excluding carboxylic acids is 2. The molecule has 3 aromatic rings. The zero-order valence-electron chi connectivity index (χ0n) is 24.9. The van der Waals surface area contributed by atoms with Crippen molar-refractivity contribution in [2.24, 2.45) is 0 Å². The Bertz CT molecular complexity index is 1480. The highest BCUT2D eigenvalue weighted by atomic mass is 32.2. The van der Waals surface area contributed by atoms with Crippen LogP contribution < -0.4 is 14.4 Å². The van der Waals surface area contributed by atoms with Crippen LogP contribution >= 0.6 is 0 Å². The van der Waals surface area contributed by atoms with E-state index in [1.54, 1.807) is 49.6 Å². The van der Waals surface area contributed by atoms with Gasteiger partial charge in [-0.25, -0.2) is 8.42 Å². The molecule has 2 amide bonds. The third kappa shape index (κ3) is 7.50. The summed E-state index contributed by atoms with van der Waals surface area (Å²) in [4.78, 5) is 29.4. The molecule has 0 bridgehead atoms. The monoisotopic (exact) mass is 591 g/mol. The Labute approximate surface area is 249 Å². The Kier molecular flexibility index (Phi) is 10.3. The fourth-order valence-corrected chi connectivity index (χ4v) is 6.81. The van der Waals surface area contributed by atoms with Crippen LogP contribution in [-0.2, 0) is 26.2 Å². The van der Waals surface area contributed by atoms with Crippen LogP contribution in [0.4, 0.5) is 5.69 Å². The number of methoxy groups -OCH3 is 1. The molecule has 4 rings (SSSR count). The summed E-state index contributed by atoms with van der Waals surface area (Å²) in [5, 5.41) is 3.14. The number of nitrogens with zero attached hydrogens (tertiary/aromatic N) is 2. The lowest BCUT2D eigenvalue weighted by Crippen LogP contribution is -2.53. The zero-order valence-corrected chi connectivity index (χ0v) is 25.7. The van der Waals surface area contributed by atoms with Crippen LogP contribution in [-0.4, -0.2) is 50.9 Å². The van der Waals surface area contributed by atoms with Crippen LogP contribution in [0.15, 0.2) is 77.7 Å². The number of benzene rings is 3. The van der Waals surface area contributed by atoms with Gasteiger partial charge in [-0.15, -0.1) is 0 Å². The van der Waals surface area contributed by atoms with Gasteiger partial charge in [-0.2, -0.15) is 0 Å². The molecule has 42 heavy (non-hydrogen) atoms. The van der Waals surface area contributed by atoms with Gasteiger partial charge in [-0.3, -0.25) is 13.9 Å². The first-order chi connectivity index (χ1) is 20.1. The standard InChI is InChI=1S/C33H41N3O5S/c1-5-31(33(38)34-27-12-6-7-13-27)35(22-26-11-9-15-29(21-26)41-4)32(37)23-36(28-14-8-10-25(3)20-28)42(39,40)30-18-16-24(2)17-19-30/h8-11,14-21,27,31H,5-7,12-13,22-23H2,1-4H3,(H,34,38)/t31-/m1/s1. The number of ether oxygens (including phenoxy) is 1. The van der Waals surface area contributed by atoms with Gasteiger partial charge < -0.3 is 15.0 Å². The number of hydrogen-bond donors (Lipinski definition) is 1. The number of amides is 2. The second kappa shape index (κ2) is 13.9. The largest absolute Gasteiger partial charge is 0.497 e. The van der Waals surface area contributed by atoms with E-state index in [4.69, 9.17) is 4.74 Å². The molecule has 0 spiro atoms. The molecule has 0 saturated heterocycles. The minimum Gasteiger partial charge on any atom is -0.497 e. The lowest BCUT2D eigenvalue weighted by atomic mass is 10.1. The average Bonchev–Trinajstić information content (AvgIpc) is 3.49. The molecule has 8 nitrogen and oxygen atoms in total. The van der Waals surface area contributed by atoms with E-state index in [2.05, 4.69) is 5.32 Å². The molecule has 9 heteroatoms. The molecule has 1 fully saturated rings. The highest BCUT2D eigenvalue weighted by Crippen LogP contribution is 2.26. The molecule has 1 saturated carbocycles. The van der Waals surface area contributed by atoms with Gasteiger partial charge in [0.05, 0.1) is 17.7 Å². The topological polar surface area (TPSA) is 96.0 Å². The molecule has 1 atom stereocenters. The summed E-state index contributed by atoms with van der Waals surface area (Å²) < 4.78 is 34.6. The van der Waals surface area contributed by atoms with E-state index < -0.39 is 28.5 Å². The van der Waals surface area contributed by atoms with Crippen LogP contribution in [0.2, 0.25) is 0 Å². The van der Waals surface area contributed by atoms with Crippen molar-refractivity contribution in [3.8, 4) is 5.75 Å². The summed E-state index contributed by atoms with van der Waals surface area (Å²) in [6, 6.07) is 20.3. The van der Waals surface area contributed by atoms with Crippen molar-refractivity contribution in [2.75, 3.05) is 18.0 Å². The first kappa shape index (κ1) is 31.1. The summed E-state index contributed by atoms with van der Waals surface area (Å²) >= 11 is 0. The Hall–Kier alpha value is -3.85. The maximum absolute atomic E-state index is 14.3. The predicted molar refractivity (Wildman–Crippen MR) is 165 cm³/mol. The molecule has 224 valence electrons. The van der Waals surface area contributed by atoms with Gasteiger partial charge in [0.15, 0.2) is 0 Å². The quantitative estimate of drug-likeness (QED) is 0.305. The van der Waals surface area contributed by atoms with Crippen LogP contribution in [0.5, 0.6) is 5.75 Å². The first-order valence-electron chi connectivity index (χ1n) is 14.5. The summed E-state index contributed by atoms with van der Waals surface area (Å²) in [5.74, 6) is -0.0562. The van der Waals surface area contributed by atoms with Crippen molar-refractivity contribution in [3.63, 3.8) is 0 Å². The molecule has 0 aromatic heterocycles. The second-order valence-electron chi connectivity index (χ2n) is 11.0.